The van der Waals surface area contributed by atoms with Crippen LogP contribution in [0.4, 0.5) is 16.2 Å². The highest BCUT2D eigenvalue weighted by Gasteiger charge is 2.16. The summed E-state index contributed by atoms with van der Waals surface area (Å²) in [4.78, 5) is 11.7. The third-order valence-electron chi connectivity index (χ3n) is 6.22. The van der Waals surface area contributed by atoms with E-state index in [1.165, 1.54) is 0 Å². The van der Waals surface area contributed by atoms with Gasteiger partial charge in [0.05, 0.1) is 0 Å². The third kappa shape index (κ3) is 8.56. The lowest BCUT2D eigenvalue weighted by Gasteiger charge is -2.19. The number of anilines is 2. The highest BCUT2D eigenvalue weighted by molar-refractivity contribution is 5.85. The minimum absolute atomic E-state index is 0.272. The summed E-state index contributed by atoms with van der Waals surface area (Å²) in [5.41, 5.74) is 10.8. The molecule has 0 radical (unpaired) electrons. The van der Waals surface area contributed by atoms with E-state index >= 15 is 0 Å². The van der Waals surface area contributed by atoms with Crippen LogP contribution < -0.4 is 30.0 Å². The molecule has 0 aliphatic carbocycles. The first-order chi connectivity index (χ1) is 20.7. The van der Waals surface area contributed by atoms with Crippen LogP contribution in [-0.2, 0) is 4.74 Å². The maximum atomic E-state index is 11.7. The standard InChI is InChI=1S/C20H21NO4.C15H13NO2/c1-20(2,3)25-19(22)21-16-9-6-14(7-10-16)4-5-15-8-11-17-18(12-15)24-13-23-17;16-13-6-3-11(4-7-13)1-2-12-5-8-14-15(9-12)18-10-17-14/h4-12H,13H2,1-3H3,(H,21,22);1-9H,10,16H2/b5-4+;2-1+. The molecular weight excluding hydrogens is 544 g/mol. The van der Waals surface area contributed by atoms with E-state index in [0.29, 0.717) is 12.5 Å². The average Bonchev–Trinajstić information content (AvgIpc) is 3.65. The topological polar surface area (TPSA) is 101 Å². The number of benzene rings is 4. The SMILES string of the molecule is CC(C)(C)OC(=O)Nc1ccc(/C=C/c2ccc3c(c2)OCO3)cc1.Nc1ccc(/C=C/c2ccc3c(c2)OCO3)cc1. The van der Waals surface area contributed by atoms with E-state index in [4.69, 9.17) is 29.4 Å². The molecule has 2 aliphatic heterocycles. The Balaban J connectivity index is 0.000000180. The van der Waals surface area contributed by atoms with Crippen molar-refractivity contribution in [3.8, 4) is 23.0 Å². The zero-order valence-electron chi connectivity index (χ0n) is 24.3. The average molecular weight is 579 g/mol. The van der Waals surface area contributed by atoms with E-state index in [1.807, 2.05) is 130 Å². The summed E-state index contributed by atoms with van der Waals surface area (Å²) >= 11 is 0. The van der Waals surface area contributed by atoms with Gasteiger partial charge >= 0.3 is 6.09 Å². The van der Waals surface area contributed by atoms with Gasteiger partial charge in [-0.2, -0.15) is 0 Å². The first-order valence-electron chi connectivity index (χ1n) is 13.8. The van der Waals surface area contributed by atoms with Gasteiger partial charge in [-0.25, -0.2) is 4.79 Å². The second-order valence-corrected chi connectivity index (χ2v) is 10.8. The molecule has 8 nitrogen and oxygen atoms in total. The molecule has 6 rings (SSSR count). The smallest absolute Gasteiger partial charge is 0.412 e. The van der Waals surface area contributed by atoms with Crippen molar-refractivity contribution in [2.24, 2.45) is 0 Å². The fourth-order valence-corrected chi connectivity index (χ4v) is 4.12. The van der Waals surface area contributed by atoms with Crippen LogP contribution in [0.25, 0.3) is 24.3 Å². The molecular formula is C35H34N2O6. The van der Waals surface area contributed by atoms with Gasteiger partial charge in [0.25, 0.3) is 0 Å². The molecule has 0 atom stereocenters. The number of hydrogen-bond donors (Lipinski definition) is 2. The number of hydrogen-bond acceptors (Lipinski definition) is 7. The van der Waals surface area contributed by atoms with Crippen LogP contribution in [0, 0.1) is 0 Å². The van der Waals surface area contributed by atoms with Crippen LogP contribution in [0.2, 0.25) is 0 Å². The molecule has 2 aliphatic rings. The monoisotopic (exact) mass is 578 g/mol. The van der Waals surface area contributed by atoms with Gasteiger partial charge in [-0.15, -0.1) is 0 Å². The highest BCUT2D eigenvalue weighted by Crippen LogP contribution is 2.34. The number of rotatable bonds is 5. The summed E-state index contributed by atoms with van der Waals surface area (Å²) in [5, 5.41) is 2.71. The Kier molecular flexibility index (Phi) is 8.86. The molecule has 1 amide bonds. The Morgan fingerprint density at radius 3 is 1.56 bits per heavy atom. The number of amides is 1. The molecule has 0 unspecified atom stereocenters. The van der Waals surface area contributed by atoms with Crippen LogP contribution in [0.5, 0.6) is 23.0 Å². The van der Waals surface area contributed by atoms with Gasteiger partial charge in [-0.1, -0.05) is 60.7 Å². The van der Waals surface area contributed by atoms with Gasteiger partial charge in [0, 0.05) is 11.4 Å². The molecule has 4 aromatic rings. The molecule has 0 fully saturated rings. The normalized spacial score (nSPS) is 13.1. The van der Waals surface area contributed by atoms with E-state index in [1.54, 1.807) is 0 Å². The minimum Gasteiger partial charge on any atom is -0.454 e. The maximum absolute atomic E-state index is 11.7. The molecule has 0 aromatic heterocycles. The second kappa shape index (κ2) is 13.1. The molecule has 0 spiro atoms. The van der Waals surface area contributed by atoms with Crippen molar-refractivity contribution in [2.45, 2.75) is 26.4 Å². The van der Waals surface area contributed by atoms with Crippen molar-refractivity contribution < 1.29 is 28.5 Å². The zero-order valence-corrected chi connectivity index (χ0v) is 24.3. The predicted molar refractivity (Wildman–Crippen MR) is 170 cm³/mol. The van der Waals surface area contributed by atoms with Gasteiger partial charge in [0.1, 0.15) is 5.60 Å². The van der Waals surface area contributed by atoms with E-state index in [9.17, 15) is 4.79 Å². The Bertz CT molecular complexity index is 1620. The number of nitrogens with one attached hydrogen (secondary N) is 1. The Hall–Kier alpha value is -5.37. The molecule has 0 saturated heterocycles. The first-order valence-corrected chi connectivity index (χ1v) is 13.8. The van der Waals surface area contributed by atoms with E-state index in [2.05, 4.69) is 5.32 Å². The summed E-state index contributed by atoms with van der Waals surface area (Å²) in [6, 6.07) is 27.0. The number of carbonyl (C=O) groups is 1. The fourth-order valence-electron chi connectivity index (χ4n) is 4.12. The predicted octanol–water partition coefficient (Wildman–Crippen LogP) is 8.10. The van der Waals surface area contributed by atoms with E-state index in [0.717, 1.165) is 50.9 Å². The van der Waals surface area contributed by atoms with Gasteiger partial charge in [0.15, 0.2) is 23.0 Å². The van der Waals surface area contributed by atoms with Gasteiger partial charge in [0.2, 0.25) is 13.6 Å². The molecule has 220 valence electrons. The van der Waals surface area contributed by atoms with Crippen molar-refractivity contribution in [3.63, 3.8) is 0 Å². The molecule has 0 saturated carbocycles. The lowest BCUT2D eigenvalue weighted by Crippen LogP contribution is -2.27. The number of ether oxygens (including phenoxy) is 5. The summed E-state index contributed by atoms with van der Waals surface area (Å²) in [5.74, 6) is 3.14. The highest BCUT2D eigenvalue weighted by atomic mass is 16.7. The largest absolute Gasteiger partial charge is 0.454 e. The quantitative estimate of drug-likeness (QED) is 0.182. The molecule has 2 heterocycles. The number of carbonyl (C=O) groups excluding carboxylic acids is 1. The zero-order chi connectivity index (χ0) is 30.2. The molecule has 43 heavy (non-hydrogen) atoms. The Morgan fingerprint density at radius 1 is 0.651 bits per heavy atom. The summed E-state index contributed by atoms with van der Waals surface area (Å²) in [6.45, 7) is 6.07. The van der Waals surface area contributed by atoms with Crippen LogP contribution >= 0.6 is 0 Å². The van der Waals surface area contributed by atoms with E-state index < -0.39 is 11.7 Å². The van der Waals surface area contributed by atoms with Crippen molar-refractivity contribution in [1.29, 1.82) is 0 Å². The Labute approximate surface area is 251 Å². The van der Waals surface area contributed by atoms with Crippen molar-refractivity contribution in [3.05, 3.63) is 107 Å². The van der Waals surface area contributed by atoms with Crippen molar-refractivity contribution >= 4 is 41.8 Å². The summed E-state index contributed by atoms with van der Waals surface area (Å²) in [6.07, 6.45) is 7.61. The van der Waals surface area contributed by atoms with Crippen LogP contribution in [-0.4, -0.2) is 25.3 Å². The molecule has 0 bridgehead atoms. The second-order valence-electron chi connectivity index (χ2n) is 10.8. The van der Waals surface area contributed by atoms with Gasteiger partial charge in [-0.05, 0) is 91.6 Å². The summed E-state index contributed by atoms with van der Waals surface area (Å²) in [7, 11) is 0. The third-order valence-corrected chi connectivity index (χ3v) is 6.22. The number of nitrogens with two attached hydrogens (primary N) is 1. The molecule has 3 N–H and O–H groups in total. The summed E-state index contributed by atoms with van der Waals surface area (Å²) < 4.78 is 26.5. The van der Waals surface area contributed by atoms with Crippen LogP contribution in [0.15, 0.2) is 84.9 Å². The van der Waals surface area contributed by atoms with Crippen molar-refractivity contribution in [1.82, 2.24) is 0 Å². The van der Waals surface area contributed by atoms with Crippen LogP contribution in [0.3, 0.4) is 0 Å². The maximum Gasteiger partial charge on any atom is 0.412 e. The lowest BCUT2D eigenvalue weighted by molar-refractivity contribution is 0.0636. The number of fused-ring (bicyclic) bond motifs is 2. The number of nitrogen functional groups attached to an aromatic ring is 1. The minimum atomic E-state index is -0.516. The lowest BCUT2D eigenvalue weighted by atomic mass is 10.1. The fraction of sp³-hybridized carbons (Fsp3) is 0.171. The van der Waals surface area contributed by atoms with Crippen LogP contribution in [0.1, 0.15) is 43.0 Å². The van der Waals surface area contributed by atoms with E-state index in [-0.39, 0.29) is 6.79 Å². The molecule has 8 heteroatoms. The van der Waals surface area contributed by atoms with Gasteiger partial charge < -0.3 is 29.4 Å². The van der Waals surface area contributed by atoms with Crippen molar-refractivity contribution in [2.75, 3.05) is 24.6 Å². The Morgan fingerprint density at radius 2 is 1.07 bits per heavy atom. The molecule has 4 aromatic carbocycles. The van der Waals surface area contributed by atoms with Gasteiger partial charge in [-0.3, -0.25) is 5.32 Å². The first kappa shape index (κ1) is 29.1.